The van der Waals surface area contributed by atoms with Crippen molar-refractivity contribution in [2.75, 3.05) is 7.11 Å². The lowest BCUT2D eigenvalue weighted by Crippen LogP contribution is -2.07. The van der Waals surface area contributed by atoms with Gasteiger partial charge in [0.1, 0.15) is 6.61 Å². The number of ether oxygens (including phenoxy) is 2. The maximum absolute atomic E-state index is 12.1. The SMILES string of the molecule is COC(=O)c1ccc(C(=O)OCc2cn3c(C)cc(C)nc3n2)cc1. The Kier molecular flexibility index (Phi) is 4.47. The second-order valence-corrected chi connectivity index (χ2v) is 5.59. The predicted octanol–water partition coefficient (Wildman–Crippen LogP) is 2.49. The summed E-state index contributed by atoms with van der Waals surface area (Å²) in [5, 5.41) is 0. The minimum atomic E-state index is -0.491. The molecule has 0 atom stereocenters. The number of nitrogens with zero attached hydrogens (tertiary/aromatic N) is 3. The molecule has 0 aliphatic carbocycles. The second-order valence-electron chi connectivity index (χ2n) is 5.59. The van der Waals surface area contributed by atoms with Gasteiger partial charge >= 0.3 is 11.9 Å². The van der Waals surface area contributed by atoms with E-state index in [1.165, 1.54) is 31.4 Å². The van der Waals surface area contributed by atoms with Crippen LogP contribution in [-0.2, 0) is 16.1 Å². The standard InChI is InChI=1S/C18H17N3O4/c1-11-8-12(2)21-9-15(20-18(21)19-11)10-25-17(23)14-6-4-13(5-7-14)16(22)24-3/h4-9H,10H2,1-3H3. The fourth-order valence-electron chi connectivity index (χ4n) is 2.47. The van der Waals surface area contributed by atoms with Crippen LogP contribution in [0.3, 0.4) is 0 Å². The van der Waals surface area contributed by atoms with E-state index in [9.17, 15) is 9.59 Å². The third-order valence-electron chi connectivity index (χ3n) is 3.70. The first-order valence-electron chi connectivity index (χ1n) is 7.65. The highest BCUT2D eigenvalue weighted by Crippen LogP contribution is 2.11. The van der Waals surface area contributed by atoms with E-state index in [1.807, 2.05) is 24.3 Å². The van der Waals surface area contributed by atoms with Crippen LogP contribution in [-0.4, -0.2) is 33.4 Å². The molecule has 3 rings (SSSR count). The molecule has 1 aromatic carbocycles. The molecule has 0 spiro atoms. The van der Waals surface area contributed by atoms with Crippen LogP contribution in [0.2, 0.25) is 0 Å². The Labute approximate surface area is 144 Å². The first-order valence-corrected chi connectivity index (χ1v) is 7.65. The quantitative estimate of drug-likeness (QED) is 0.679. The molecule has 128 valence electrons. The Morgan fingerprint density at radius 2 is 1.68 bits per heavy atom. The fraction of sp³-hybridized carbons (Fsp3) is 0.222. The van der Waals surface area contributed by atoms with Gasteiger partial charge in [-0.15, -0.1) is 0 Å². The number of fused-ring (bicyclic) bond motifs is 1. The lowest BCUT2D eigenvalue weighted by Gasteiger charge is -2.04. The molecule has 25 heavy (non-hydrogen) atoms. The Bertz CT molecular complexity index is 945. The molecule has 0 radical (unpaired) electrons. The topological polar surface area (TPSA) is 82.8 Å². The van der Waals surface area contributed by atoms with Crippen molar-refractivity contribution in [1.29, 1.82) is 0 Å². The number of imidazole rings is 1. The average molecular weight is 339 g/mol. The minimum Gasteiger partial charge on any atom is -0.465 e. The Hall–Kier alpha value is -3.22. The van der Waals surface area contributed by atoms with E-state index in [4.69, 9.17) is 4.74 Å². The molecule has 7 heteroatoms. The Balaban J connectivity index is 1.70. The molecule has 0 saturated heterocycles. The number of rotatable bonds is 4. The van der Waals surface area contributed by atoms with Crippen LogP contribution in [0.4, 0.5) is 0 Å². The molecular formula is C18H17N3O4. The van der Waals surface area contributed by atoms with Crippen molar-refractivity contribution < 1.29 is 19.1 Å². The van der Waals surface area contributed by atoms with Crippen molar-refractivity contribution in [3.8, 4) is 0 Å². The van der Waals surface area contributed by atoms with Crippen LogP contribution >= 0.6 is 0 Å². The van der Waals surface area contributed by atoms with Crippen LogP contribution in [0.15, 0.2) is 36.5 Å². The van der Waals surface area contributed by atoms with Crippen molar-refractivity contribution in [2.24, 2.45) is 0 Å². The number of esters is 2. The summed E-state index contributed by atoms with van der Waals surface area (Å²) < 4.78 is 11.7. The highest BCUT2D eigenvalue weighted by molar-refractivity contribution is 5.93. The maximum atomic E-state index is 12.1. The summed E-state index contributed by atoms with van der Waals surface area (Å²) in [6.07, 6.45) is 1.80. The van der Waals surface area contributed by atoms with Crippen LogP contribution in [0.25, 0.3) is 5.78 Å². The molecule has 0 unspecified atom stereocenters. The Morgan fingerprint density at radius 3 is 2.32 bits per heavy atom. The van der Waals surface area contributed by atoms with Crippen molar-refractivity contribution in [2.45, 2.75) is 20.5 Å². The minimum absolute atomic E-state index is 0.0411. The molecule has 2 heterocycles. The summed E-state index contributed by atoms with van der Waals surface area (Å²) in [5.74, 6) is -0.372. The zero-order valence-corrected chi connectivity index (χ0v) is 14.1. The van der Waals surface area contributed by atoms with Gasteiger partial charge in [0.05, 0.1) is 23.9 Å². The summed E-state index contributed by atoms with van der Waals surface area (Å²) in [4.78, 5) is 32.2. The van der Waals surface area contributed by atoms with Gasteiger partial charge in [-0.05, 0) is 44.2 Å². The zero-order valence-electron chi connectivity index (χ0n) is 14.1. The number of aryl methyl sites for hydroxylation is 2. The van der Waals surface area contributed by atoms with E-state index in [1.54, 1.807) is 6.20 Å². The van der Waals surface area contributed by atoms with E-state index in [2.05, 4.69) is 14.7 Å². The number of benzene rings is 1. The van der Waals surface area contributed by atoms with Gasteiger partial charge in [0.25, 0.3) is 0 Å². The molecular weight excluding hydrogens is 322 g/mol. The monoisotopic (exact) mass is 339 g/mol. The maximum Gasteiger partial charge on any atom is 0.338 e. The molecule has 0 saturated carbocycles. The molecule has 0 aliphatic heterocycles. The molecule has 7 nitrogen and oxygen atoms in total. The largest absolute Gasteiger partial charge is 0.465 e. The molecule has 0 aliphatic rings. The zero-order chi connectivity index (χ0) is 18.0. The summed E-state index contributed by atoms with van der Waals surface area (Å²) in [6, 6.07) is 8.03. The third-order valence-corrected chi connectivity index (χ3v) is 3.70. The van der Waals surface area contributed by atoms with Crippen LogP contribution in [0.5, 0.6) is 0 Å². The lowest BCUT2D eigenvalue weighted by molar-refractivity contribution is 0.0467. The Morgan fingerprint density at radius 1 is 1.04 bits per heavy atom. The fourth-order valence-corrected chi connectivity index (χ4v) is 2.47. The summed E-state index contributed by atoms with van der Waals surface area (Å²) in [5.41, 5.74) is 3.22. The molecule has 0 fully saturated rings. The van der Waals surface area contributed by atoms with Crippen molar-refractivity contribution >= 4 is 17.7 Å². The van der Waals surface area contributed by atoms with Crippen molar-refractivity contribution in [1.82, 2.24) is 14.4 Å². The van der Waals surface area contributed by atoms with Gasteiger partial charge in [-0.2, -0.15) is 0 Å². The predicted molar refractivity (Wildman–Crippen MR) is 89.4 cm³/mol. The van der Waals surface area contributed by atoms with Gasteiger partial charge in [-0.3, -0.25) is 4.40 Å². The van der Waals surface area contributed by atoms with Gasteiger partial charge in [0, 0.05) is 17.6 Å². The molecule has 2 aromatic heterocycles. The normalized spacial score (nSPS) is 10.7. The number of carbonyl (C=O) groups excluding carboxylic acids is 2. The van der Waals surface area contributed by atoms with E-state index >= 15 is 0 Å². The summed E-state index contributed by atoms with van der Waals surface area (Å²) in [7, 11) is 1.30. The molecule has 3 aromatic rings. The van der Waals surface area contributed by atoms with Gasteiger partial charge < -0.3 is 9.47 Å². The van der Waals surface area contributed by atoms with Crippen LogP contribution < -0.4 is 0 Å². The van der Waals surface area contributed by atoms with Gasteiger partial charge in [-0.1, -0.05) is 0 Å². The molecule has 0 bridgehead atoms. The van der Waals surface area contributed by atoms with E-state index < -0.39 is 11.9 Å². The highest BCUT2D eigenvalue weighted by Gasteiger charge is 2.12. The summed E-state index contributed by atoms with van der Waals surface area (Å²) in [6.45, 7) is 3.90. The van der Waals surface area contributed by atoms with Crippen molar-refractivity contribution in [3.63, 3.8) is 0 Å². The number of carbonyl (C=O) groups is 2. The molecule has 0 N–H and O–H groups in total. The first kappa shape index (κ1) is 16.6. The van der Waals surface area contributed by atoms with E-state index in [0.717, 1.165) is 11.4 Å². The van der Waals surface area contributed by atoms with E-state index in [0.29, 0.717) is 22.6 Å². The molecule has 0 amide bonds. The average Bonchev–Trinajstić information content (AvgIpc) is 3.02. The van der Waals surface area contributed by atoms with Gasteiger partial charge in [-0.25, -0.2) is 19.6 Å². The highest BCUT2D eigenvalue weighted by atomic mass is 16.5. The van der Waals surface area contributed by atoms with Gasteiger partial charge in [0.2, 0.25) is 5.78 Å². The van der Waals surface area contributed by atoms with E-state index in [-0.39, 0.29) is 6.61 Å². The second kappa shape index (κ2) is 6.72. The smallest absolute Gasteiger partial charge is 0.338 e. The number of methoxy groups -OCH3 is 1. The number of hydrogen-bond donors (Lipinski definition) is 0. The summed E-state index contributed by atoms with van der Waals surface area (Å²) >= 11 is 0. The third kappa shape index (κ3) is 3.50. The number of hydrogen-bond acceptors (Lipinski definition) is 6. The van der Waals surface area contributed by atoms with Crippen molar-refractivity contribution in [3.05, 3.63) is 64.7 Å². The van der Waals surface area contributed by atoms with Crippen LogP contribution in [0, 0.1) is 13.8 Å². The van der Waals surface area contributed by atoms with Gasteiger partial charge in [0.15, 0.2) is 0 Å². The lowest BCUT2D eigenvalue weighted by atomic mass is 10.1. The number of aromatic nitrogens is 3. The first-order chi connectivity index (χ1) is 12.0. The van der Waals surface area contributed by atoms with Crippen LogP contribution in [0.1, 0.15) is 37.8 Å².